The smallest absolute Gasteiger partial charge is 0.332 e. The summed E-state index contributed by atoms with van der Waals surface area (Å²) in [4.78, 5) is 25.4. The second-order valence-electron chi connectivity index (χ2n) is 3.75. The molecule has 0 aliphatic heterocycles. The number of nitrogens with two attached hydrogens (primary N) is 2. The SMILES string of the molecule is C/C(=N/NC(N)=O)c1cccc(/C(C)=N\NC(N)=O)n1. The molecular weight excluding hydrogens is 262 g/mol. The normalized spacial score (nSPS) is 11.9. The van der Waals surface area contributed by atoms with Crippen molar-refractivity contribution >= 4 is 23.5 Å². The number of rotatable bonds is 4. The van der Waals surface area contributed by atoms with E-state index in [4.69, 9.17) is 11.5 Å². The molecule has 0 aliphatic carbocycles. The molecule has 106 valence electrons. The number of amides is 4. The van der Waals surface area contributed by atoms with E-state index in [1.54, 1.807) is 32.0 Å². The van der Waals surface area contributed by atoms with Gasteiger partial charge in [0.1, 0.15) is 0 Å². The van der Waals surface area contributed by atoms with Crippen molar-refractivity contribution in [2.45, 2.75) is 13.8 Å². The van der Waals surface area contributed by atoms with Crippen molar-refractivity contribution in [2.24, 2.45) is 21.7 Å². The lowest BCUT2D eigenvalue weighted by Crippen LogP contribution is -2.26. The largest absolute Gasteiger partial charge is 0.350 e. The van der Waals surface area contributed by atoms with E-state index in [0.29, 0.717) is 22.8 Å². The average Bonchev–Trinajstić information content (AvgIpc) is 2.42. The van der Waals surface area contributed by atoms with Gasteiger partial charge >= 0.3 is 12.1 Å². The molecule has 1 aromatic heterocycles. The molecular formula is C11H15N7O2. The molecule has 0 spiro atoms. The van der Waals surface area contributed by atoms with Crippen LogP contribution in [-0.2, 0) is 0 Å². The van der Waals surface area contributed by atoms with Crippen molar-refractivity contribution in [2.75, 3.05) is 0 Å². The summed E-state index contributed by atoms with van der Waals surface area (Å²) in [6, 6.07) is 3.64. The lowest BCUT2D eigenvalue weighted by atomic mass is 10.2. The molecule has 20 heavy (non-hydrogen) atoms. The first-order valence-electron chi connectivity index (χ1n) is 5.57. The summed E-state index contributed by atoms with van der Waals surface area (Å²) in [5, 5.41) is 7.54. The van der Waals surface area contributed by atoms with Crippen molar-refractivity contribution in [3.05, 3.63) is 29.6 Å². The second-order valence-corrected chi connectivity index (χ2v) is 3.75. The number of primary amides is 2. The summed E-state index contributed by atoms with van der Waals surface area (Å²) in [6.07, 6.45) is 0. The molecule has 1 aromatic rings. The molecule has 4 amide bonds. The summed E-state index contributed by atoms with van der Waals surface area (Å²) >= 11 is 0. The van der Waals surface area contributed by atoms with Crippen LogP contribution in [0.15, 0.2) is 28.4 Å². The maximum absolute atomic E-state index is 10.6. The van der Waals surface area contributed by atoms with Crippen LogP contribution in [0.25, 0.3) is 0 Å². The highest BCUT2D eigenvalue weighted by molar-refractivity contribution is 6.01. The topological polar surface area (TPSA) is 148 Å². The molecule has 9 nitrogen and oxygen atoms in total. The monoisotopic (exact) mass is 277 g/mol. The second kappa shape index (κ2) is 6.83. The van der Waals surface area contributed by atoms with Gasteiger partial charge < -0.3 is 11.5 Å². The molecule has 0 saturated carbocycles. The Kier molecular flexibility index (Phi) is 5.15. The Morgan fingerprint density at radius 1 is 1.00 bits per heavy atom. The van der Waals surface area contributed by atoms with Crippen LogP contribution in [0.2, 0.25) is 0 Å². The number of nitrogens with one attached hydrogen (secondary N) is 2. The molecule has 1 heterocycles. The number of hydrazone groups is 2. The number of aromatic nitrogens is 1. The summed E-state index contributed by atoms with van der Waals surface area (Å²) < 4.78 is 0. The molecule has 0 saturated heterocycles. The molecule has 0 aromatic carbocycles. The first kappa shape index (κ1) is 15.1. The van der Waals surface area contributed by atoms with Gasteiger partial charge in [-0.05, 0) is 26.0 Å². The van der Waals surface area contributed by atoms with Crippen LogP contribution in [0.3, 0.4) is 0 Å². The third kappa shape index (κ3) is 4.72. The van der Waals surface area contributed by atoms with Gasteiger partial charge in [-0.1, -0.05) is 6.07 Å². The summed E-state index contributed by atoms with van der Waals surface area (Å²) in [7, 11) is 0. The summed E-state index contributed by atoms with van der Waals surface area (Å²) in [5.74, 6) is 0. The minimum Gasteiger partial charge on any atom is -0.350 e. The number of urea groups is 2. The van der Waals surface area contributed by atoms with Crippen molar-refractivity contribution < 1.29 is 9.59 Å². The zero-order valence-electron chi connectivity index (χ0n) is 11.0. The molecule has 9 heteroatoms. The van der Waals surface area contributed by atoms with Crippen LogP contribution in [0, 0.1) is 0 Å². The quantitative estimate of drug-likeness (QED) is 0.448. The first-order chi connectivity index (χ1) is 9.40. The van der Waals surface area contributed by atoms with Crippen molar-refractivity contribution in [1.29, 1.82) is 0 Å². The minimum atomic E-state index is -0.760. The van der Waals surface area contributed by atoms with Crippen LogP contribution < -0.4 is 22.3 Å². The molecule has 1 rings (SSSR count). The average molecular weight is 277 g/mol. The van der Waals surface area contributed by atoms with Gasteiger partial charge in [0.05, 0.1) is 22.8 Å². The molecule has 0 atom stereocenters. The highest BCUT2D eigenvalue weighted by Gasteiger charge is 2.04. The summed E-state index contributed by atoms with van der Waals surface area (Å²) in [6.45, 7) is 3.33. The van der Waals surface area contributed by atoms with E-state index in [1.807, 2.05) is 0 Å². The number of carbonyl (C=O) groups excluding carboxylic acids is 2. The Balaban J connectivity index is 2.95. The van der Waals surface area contributed by atoms with Gasteiger partial charge in [-0.15, -0.1) is 0 Å². The standard InChI is InChI=1S/C11H15N7O2/c1-6(15-17-10(12)19)8-4-3-5-9(14-8)7(2)16-18-11(13)20/h3-5H,1-2H3,(H3,12,17,19)(H3,13,18,20)/b15-6-,16-7-. The lowest BCUT2D eigenvalue weighted by Gasteiger charge is -2.04. The van der Waals surface area contributed by atoms with Crippen LogP contribution in [0.1, 0.15) is 25.2 Å². The Morgan fingerprint density at radius 3 is 1.75 bits per heavy atom. The van der Waals surface area contributed by atoms with E-state index in [-0.39, 0.29) is 0 Å². The Morgan fingerprint density at radius 2 is 1.40 bits per heavy atom. The molecule has 6 N–H and O–H groups in total. The molecule has 0 radical (unpaired) electrons. The number of carbonyl (C=O) groups is 2. The van der Waals surface area contributed by atoms with Gasteiger partial charge in [-0.3, -0.25) is 0 Å². The molecule has 0 bridgehead atoms. The van der Waals surface area contributed by atoms with Crippen LogP contribution in [-0.4, -0.2) is 28.5 Å². The van der Waals surface area contributed by atoms with E-state index in [1.165, 1.54) is 0 Å². The highest BCUT2D eigenvalue weighted by atomic mass is 16.2. The minimum absolute atomic E-state index is 0.473. The summed E-state index contributed by atoms with van der Waals surface area (Å²) in [5.41, 5.74) is 16.1. The maximum atomic E-state index is 10.6. The van der Waals surface area contributed by atoms with Gasteiger partial charge in [-0.2, -0.15) is 10.2 Å². The number of pyridine rings is 1. The fourth-order valence-corrected chi connectivity index (χ4v) is 1.23. The molecule has 0 aliphatic rings. The number of nitrogens with zero attached hydrogens (tertiary/aromatic N) is 3. The highest BCUT2D eigenvalue weighted by Crippen LogP contribution is 2.02. The van der Waals surface area contributed by atoms with Crippen molar-refractivity contribution in [3.8, 4) is 0 Å². The number of hydrogen-bond donors (Lipinski definition) is 4. The Labute approximate surface area is 115 Å². The van der Waals surface area contributed by atoms with Gasteiger partial charge in [0.25, 0.3) is 0 Å². The van der Waals surface area contributed by atoms with Crippen molar-refractivity contribution in [1.82, 2.24) is 15.8 Å². The predicted octanol–water partition coefficient (Wildman–Crippen LogP) is -0.134. The van der Waals surface area contributed by atoms with Gasteiger partial charge in [0.15, 0.2) is 0 Å². The fourth-order valence-electron chi connectivity index (χ4n) is 1.23. The van der Waals surface area contributed by atoms with Crippen molar-refractivity contribution in [3.63, 3.8) is 0 Å². The third-order valence-corrected chi connectivity index (χ3v) is 2.16. The molecule has 0 unspecified atom stereocenters. The maximum Gasteiger partial charge on any atom is 0.332 e. The zero-order valence-corrected chi connectivity index (χ0v) is 11.0. The predicted molar refractivity (Wildman–Crippen MR) is 74.1 cm³/mol. The van der Waals surface area contributed by atoms with E-state index in [0.717, 1.165) is 0 Å². The Hall–Kier alpha value is -2.97. The van der Waals surface area contributed by atoms with Gasteiger partial charge in [0, 0.05) is 0 Å². The van der Waals surface area contributed by atoms with Gasteiger partial charge in [0.2, 0.25) is 0 Å². The fraction of sp³-hybridized carbons (Fsp3) is 0.182. The Bertz CT molecular complexity index is 533. The zero-order chi connectivity index (χ0) is 15.1. The van der Waals surface area contributed by atoms with Crippen LogP contribution >= 0.6 is 0 Å². The van der Waals surface area contributed by atoms with Crippen LogP contribution in [0.4, 0.5) is 9.59 Å². The van der Waals surface area contributed by atoms with E-state index < -0.39 is 12.1 Å². The molecule has 0 fully saturated rings. The van der Waals surface area contributed by atoms with Gasteiger partial charge in [-0.25, -0.2) is 25.4 Å². The van der Waals surface area contributed by atoms with E-state index in [2.05, 4.69) is 26.0 Å². The number of hydrogen-bond acceptors (Lipinski definition) is 5. The third-order valence-electron chi connectivity index (χ3n) is 2.16. The van der Waals surface area contributed by atoms with Crippen LogP contribution in [0.5, 0.6) is 0 Å². The van der Waals surface area contributed by atoms with E-state index >= 15 is 0 Å². The first-order valence-corrected chi connectivity index (χ1v) is 5.57. The van der Waals surface area contributed by atoms with E-state index in [9.17, 15) is 9.59 Å². The lowest BCUT2D eigenvalue weighted by molar-refractivity contribution is 0.248.